The highest BCUT2D eigenvalue weighted by atomic mass is 79.9. The zero-order valence-corrected chi connectivity index (χ0v) is 15.6. The molecule has 2 saturated carbocycles. The van der Waals surface area contributed by atoms with Crippen molar-refractivity contribution in [2.24, 2.45) is 17.3 Å². The van der Waals surface area contributed by atoms with E-state index >= 15 is 0 Å². The van der Waals surface area contributed by atoms with Crippen molar-refractivity contribution in [2.75, 3.05) is 14.2 Å². The Labute approximate surface area is 141 Å². The van der Waals surface area contributed by atoms with Crippen molar-refractivity contribution in [3.63, 3.8) is 0 Å². The van der Waals surface area contributed by atoms with Gasteiger partial charge in [-0.25, -0.2) is 0 Å². The molecule has 4 atom stereocenters. The molecular formula is C15H20Br2O4. The van der Waals surface area contributed by atoms with E-state index in [1.54, 1.807) is 14.2 Å². The maximum absolute atomic E-state index is 11.4. The number of esters is 1. The van der Waals surface area contributed by atoms with Gasteiger partial charge in [-0.15, -0.1) is 0 Å². The zero-order chi connectivity index (χ0) is 15.4. The summed E-state index contributed by atoms with van der Waals surface area (Å²) < 4.78 is 19.7. The van der Waals surface area contributed by atoms with E-state index in [4.69, 9.17) is 14.2 Å². The van der Waals surface area contributed by atoms with Crippen LogP contribution in [0.5, 0.6) is 0 Å². The summed E-state index contributed by atoms with van der Waals surface area (Å²) in [6.07, 6.45) is 3.74. The highest BCUT2D eigenvalue weighted by Gasteiger charge is 2.75. The minimum Gasteiger partial charge on any atom is -0.462 e. The van der Waals surface area contributed by atoms with Gasteiger partial charge in [0.15, 0.2) is 5.79 Å². The van der Waals surface area contributed by atoms with Gasteiger partial charge in [0, 0.05) is 41.9 Å². The molecule has 3 aliphatic carbocycles. The summed E-state index contributed by atoms with van der Waals surface area (Å²) in [5.41, 5.74) is -0.266. The van der Waals surface area contributed by atoms with Crippen molar-refractivity contribution in [1.29, 1.82) is 0 Å². The molecule has 0 amide bonds. The number of ether oxygens (including phenoxy) is 3. The van der Waals surface area contributed by atoms with Crippen molar-refractivity contribution in [3.05, 3.63) is 8.96 Å². The van der Waals surface area contributed by atoms with Crippen molar-refractivity contribution >= 4 is 37.8 Å². The number of hydrogen-bond donors (Lipinski definition) is 0. The van der Waals surface area contributed by atoms with E-state index in [0.29, 0.717) is 0 Å². The Morgan fingerprint density at radius 2 is 1.95 bits per heavy atom. The molecule has 2 fully saturated rings. The van der Waals surface area contributed by atoms with Gasteiger partial charge in [0.25, 0.3) is 0 Å². The predicted octanol–water partition coefficient (Wildman–Crippen LogP) is 3.73. The number of methoxy groups -OCH3 is 2. The van der Waals surface area contributed by atoms with Crippen molar-refractivity contribution in [3.8, 4) is 0 Å². The summed E-state index contributed by atoms with van der Waals surface area (Å²) in [6.45, 7) is 1.48. The van der Waals surface area contributed by atoms with Gasteiger partial charge in [0.2, 0.25) is 0 Å². The number of fused-ring (bicyclic) bond motifs is 1. The normalized spacial score (nSPS) is 40.3. The fourth-order valence-corrected chi connectivity index (χ4v) is 6.83. The highest BCUT2D eigenvalue weighted by molar-refractivity contribution is 9.14. The SMILES string of the molecule is COC1(OC)[C@H]2C[C@@H]3[C@H](OC(C)=O)CCC[C@]31C(Br)=C2Br. The van der Waals surface area contributed by atoms with Gasteiger partial charge in [0.1, 0.15) is 6.10 Å². The second-order valence-corrected chi connectivity index (χ2v) is 7.79. The maximum atomic E-state index is 11.4. The lowest BCUT2D eigenvalue weighted by atomic mass is 9.65. The molecule has 3 rings (SSSR count). The first-order chi connectivity index (χ1) is 9.94. The van der Waals surface area contributed by atoms with E-state index in [2.05, 4.69) is 31.9 Å². The van der Waals surface area contributed by atoms with E-state index in [9.17, 15) is 4.79 Å². The first-order valence-electron chi connectivity index (χ1n) is 7.27. The van der Waals surface area contributed by atoms with E-state index in [1.807, 2.05) is 0 Å². The number of halogens is 2. The Hall–Kier alpha value is 0.0900. The van der Waals surface area contributed by atoms with Crippen molar-refractivity contribution in [2.45, 2.75) is 44.5 Å². The quantitative estimate of drug-likeness (QED) is 0.512. The van der Waals surface area contributed by atoms with Gasteiger partial charge in [0.05, 0.1) is 5.41 Å². The summed E-state index contributed by atoms with van der Waals surface area (Å²) in [6, 6.07) is 0. The summed E-state index contributed by atoms with van der Waals surface area (Å²) in [5, 5.41) is 0. The molecule has 118 valence electrons. The smallest absolute Gasteiger partial charge is 0.302 e. The lowest BCUT2D eigenvalue weighted by Crippen LogP contribution is -2.54. The van der Waals surface area contributed by atoms with E-state index in [-0.39, 0.29) is 29.3 Å². The molecule has 0 aromatic carbocycles. The molecule has 0 radical (unpaired) electrons. The van der Waals surface area contributed by atoms with Crippen LogP contribution in [0.4, 0.5) is 0 Å². The van der Waals surface area contributed by atoms with Gasteiger partial charge in [-0.2, -0.15) is 0 Å². The Balaban J connectivity index is 2.08. The second kappa shape index (κ2) is 5.32. The van der Waals surface area contributed by atoms with Crippen LogP contribution in [-0.2, 0) is 19.0 Å². The maximum Gasteiger partial charge on any atom is 0.302 e. The van der Waals surface area contributed by atoms with Crippen LogP contribution in [0, 0.1) is 17.3 Å². The average molecular weight is 424 g/mol. The second-order valence-electron chi connectivity index (χ2n) is 6.14. The third-order valence-corrected chi connectivity index (χ3v) is 8.16. The molecule has 0 N–H and O–H groups in total. The van der Waals surface area contributed by atoms with Gasteiger partial charge in [-0.05, 0) is 25.7 Å². The lowest BCUT2D eigenvalue weighted by molar-refractivity contribution is -0.273. The summed E-state index contributed by atoms with van der Waals surface area (Å²) in [7, 11) is 3.42. The van der Waals surface area contributed by atoms with Crippen LogP contribution in [0.25, 0.3) is 0 Å². The predicted molar refractivity (Wildman–Crippen MR) is 85.1 cm³/mol. The molecule has 6 heteroatoms. The molecule has 0 aromatic rings. The highest BCUT2D eigenvalue weighted by Crippen LogP contribution is 2.74. The summed E-state index contributed by atoms with van der Waals surface area (Å²) in [5.74, 6) is -0.507. The molecule has 4 nitrogen and oxygen atoms in total. The van der Waals surface area contributed by atoms with E-state index in [0.717, 1.165) is 34.6 Å². The zero-order valence-electron chi connectivity index (χ0n) is 12.4. The number of hydrogen-bond acceptors (Lipinski definition) is 4. The third kappa shape index (κ3) is 1.82. The number of carbonyl (C=O) groups excluding carboxylic acids is 1. The van der Waals surface area contributed by atoms with Crippen LogP contribution in [-0.4, -0.2) is 32.1 Å². The minimum atomic E-state index is -0.672. The fraction of sp³-hybridized carbons (Fsp3) is 0.800. The summed E-state index contributed by atoms with van der Waals surface area (Å²) >= 11 is 7.49. The van der Waals surface area contributed by atoms with Crippen molar-refractivity contribution in [1.82, 2.24) is 0 Å². The average Bonchev–Trinajstić information content (AvgIpc) is 2.84. The molecule has 3 aliphatic rings. The first-order valence-corrected chi connectivity index (χ1v) is 8.86. The Kier molecular flexibility index (Phi) is 4.05. The van der Waals surface area contributed by atoms with Gasteiger partial charge in [-0.3, -0.25) is 4.79 Å². The third-order valence-electron chi connectivity index (χ3n) is 5.54. The number of carbonyl (C=O) groups is 1. The molecule has 0 aliphatic heterocycles. The van der Waals surface area contributed by atoms with Crippen LogP contribution in [0.15, 0.2) is 8.96 Å². The van der Waals surface area contributed by atoms with E-state index < -0.39 is 5.79 Å². The Morgan fingerprint density at radius 1 is 1.29 bits per heavy atom. The Morgan fingerprint density at radius 3 is 2.52 bits per heavy atom. The monoisotopic (exact) mass is 422 g/mol. The standard InChI is InChI=1S/C15H20Br2O4/c1-8(18)21-11-5-4-6-14-9(11)7-10(12(16)13(14)17)15(14,19-2)20-3/h9-11H,4-7H2,1-3H3/t9-,10+,11-,14-/m1/s1. The van der Waals surface area contributed by atoms with E-state index in [1.165, 1.54) is 6.92 Å². The van der Waals surface area contributed by atoms with Crippen LogP contribution in [0.1, 0.15) is 32.6 Å². The topological polar surface area (TPSA) is 44.8 Å². The largest absolute Gasteiger partial charge is 0.462 e. The van der Waals surface area contributed by atoms with Crippen LogP contribution < -0.4 is 0 Å². The number of rotatable bonds is 3. The van der Waals surface area contributed by atoms with Crippen LogP contribution in [0.3, 0.4) is 0 Å². The van der Waals surface area contributed by atoms with Crippen molar-refractivity contribution < 1.29 is 19.0 Å². The molecule has 1 spiro atoms. The molecular weight excluding hydrogens is 404 g/mol. The van der Waals surface area contributed by atoms with Gasteiger partial charge in [-0.1, -0.05) is 31.9 Å². The molecule has 0 heterocycles. The van der Waals surface area contributed by atoms with Gasteiger partial charge >= 0.3 is 5.97 Å². The fourth-order valence-electron chi connectivity index (χ4n) is 4.94. The molecule has 0 saturated heterocycles. The molecule has 0 unspecified atom stereocenters. The van der Waals surface area contributed by atoms with Crippen LogP contribution in [0.2, 0.25) is 0 Å². The molecule has 21 heavy (non-hydrogen) atoms. The molecule has 2 bridgehead atoms. The van der Waals surface area contributed by atoms with Gasteiger partial charge < -0.3 is 14.2 Å². The minimum absolute atomic E-state index is 0.0564. The summed E-state index contributed by atoms with van der Waals surface area (Å²) in [4.78, 5) is 11.4. The first kappa shape index (κ1) is 16.0. The lowest BCUT2D eigenvalue weighted by Gasteiger charge is -2.49. The van der Waals surface area contributed by atoms with Crippen LogP contribution >= 0.6 is 31.9 Å². The molecule has 0 aromatic heterocycles. The Bertz CT molecular complexity index is 500.